The third-order valence-corrected chi connectivity index (χ3v) is 2.38. The molecule has 0 fully saturated rings. The van der Waals surface area contributed by atoms with Gasteiger partial charge in [0, 0.05) is 0 Å². The van der Waals surface area contributed by atoms with Gasteiger partial charge in [0.25, 0.3) is 0 Å². The second kappa shape index (κ2) is 3.16. The Bertz CT molecular complexity index is 65.0. The number of hydrogen-bond acceptors (Lipinski definition) is 3. The molecule has 0 bridgehead atoms. The molecule has 0 aliphatic rings. The van der Waals surface area contributed by atoms with E-state index < -0.39 is 15.4 Å². The minimum absolute atomic E-state index is 0.366. The summed E-state index contributed by atoms with van der Waals surface area (Å²) in [6.45, 7) is 0. The van der Waals surface area contributed by atoms with Crippen LogP contribution in [0.1, 0.15) is 0 Å². The van der Waals surface area contributed by atoms with Gasteiger partial charge in [0.05, 0.1) is 0 Å². The van der Waals surface area contributed by atoms with Gasteiger partial charge in [-0.15, -0.1) is 0 Å². The fourth-order valence-corrected chi connectivity index (χ4v) is 0. The van der Waals surface area contributed by atoms with Crippen molar-refractivity contribution >= 4 is 23.4 Å². The average Bonchev–Trinajstić information content (AvgIpc) is 1.38. The molecule has 0 atom stereocenters. The molecule has 0 aromatic rings. The molecule has 0 heterocycles. The van der Waals surface area contributed by atoms with Crippen LogP contribution >= 0.6 is 0 Å². The maximum absolute atomic E-state index is 9.30. The Morgan fingerprint density at radius 2 is 1.80 bits per heavy atom. The first-order valence-corrected chi connectivity index (χ1v) is 3.84. The summed E-state index contributed by atoms with van der Waals surface area (Å²) in [7, 11) is 0. The zero-order valence-electron chi connectivity index (χ0n) is 2.25. The molecule has 0 radical (unpaired) electrons. The van der Waals surface area contributed by atoms with E-state index in [1.807, 2.05) is 0 Å². The molecule has 0 aromatic carbocycles. The van der Waals surface area contributed by atoms with Gasteiger partial charge >= 0.3 is 48.1 Å². The van der Waals surface area contributed by atoms with Crippen molar-refractivity contribution in [1.29, 1.82) is 0 Å². The summed E-state index contributed by atoms with van der Waals surface area (Å²) in [4.78, 5) is 0. The van der Waals surface area contributed by atoms with E-state index in [-0.39, 0.29) is 0 Å². The van der Waals surface area contributed by atoms with Gasteiger partial charge in [-0.2, -0.15) is 0 Å². The topological polar surface area (TPSA) is 43.4 Å². The van der Waals surface area contributed by atoms with Crippen molar-refractivity contribution < 1.29 is 24.7 Å². The molecule has 0 rings (SSSR count). The molecule has 5 heavy (non-hydrogen) atoms. The monoisotopic (exact) mass is 222 g/mol. The molecule has 0 amide bonds. The quantitative estimate of drug-likeness (QED) is 0.523. The normalized spacial score (nSPS) is 7.40. The molecule has 0 aromatic heterocycles. The summed E-state index contributed by atoms with van der Waals surface area (Å²) in [5.41, 5.74) is 0. The number of rotatable bonds is 1. The molecule has 0 aliphatic heterocycles. The van der Waals surface area contributed by atoms with Crippen molar-refractivity contribution in [3.63, 3.8) is 0 Å². The minimum atomic E-state index is -3.14. The molecular weight excluding hydrogens is 221 g/mol. The fourth-order valence-electron chi connectivity index (χ4n) is 0. The molecule has 3 nitrogen and oxygen atoms in total. The predicted octanol–water partition coefficient (Wildman–Crippen LogP) is -1.22. The Kier molecular flexibility index (Phi) is 3.77. The van der Waals surface area contributed by atoms with E-state index in [9.17, 15) is 7.35 Å². The van der Waals surface area contributed by atoms with E-state index in [4.69, 9.17) is 0 Å². The van der Waals surface area contributed by atoms with E-state index >= 15 is 0 Å². The first-order chi connectivity index (χ1) is 2.27. The van der Waals surface area contributed by atoms with Gasteiger partial charge in [-0.3, -0.25) is 0 Å². The summed E-state index contributed by atoms with van der Waals surface area (Å²) < 4.78 is 22.5. The van der Waals surface area contributed by atoms with Crippen LogP contribution < -0.4 is 0 Å². The van der Waals surface area contributed by atoms with Crippen molar-refractivity contribution in [2.75, 3.05) is 0 Å². The van der Waals surface area contributed by atoms with Gasteiger partial charge < -0.3 is 0 Å². The average molecular weight is 223 g/mol. The molecule has 0 unspecified atom stereocenters. The fraction of sp³-hybridized carbons (Fsp3) is 0. The van der Waals surface area contributed by atoms with Gasteiger partial charge in [-0.25, -0.2) is 0 Å². The Hall–Kier alpha value is 0.963. The standard InChI is InChI=1S/3O.Sb.V.2H. The van der Waals surface area contributed by atoms with Gasteiger partial charge in [-0.1, -0.05) is 0 Å². The van der Waals surface area contributed by atoms with E-state index in [0.29, 0.717) is 23.4 Å². The van der Waals surface area contributed by atoms with Gasteiger partial charge in [0.1, 0.15) is 0 Å². The third kappa shape index (κ3) is 4.96. The van der Waals surface area contributed by atoms with E-state index in [0.717, 1.165) is 0 Å². The molecule has 0 spiro atoms. The summed E-state index contributed by atoms with van der Waals surface area (Å²) >= 11 is -2.78. The third-order valence-electron chi connectivity index (χ3n) is 0.0861. The van der Waals surface area contributed by atoms with Crippen molar-refractivity contribution in [1.82, 2.24) is 0 Å². The van der Waals surface area contributed by atoms with Crippen molar-refractivity contribution in [3.8, 4) is 0 Å². The first kappa shape index (κ1) is 5.96. The zero-order chi connectivity index (χ0) is 4.28. The predicted molar refractivity (Wildman–Crippen MR) is 11.0 cm³/mol. The van der Waals surface area contributed by atoms with Crippen molar-refractivity contribution in [2.45, 2.75) is 0 Å². The Labute approximate surface area is 48.1 Å². The second-order valence-corrected chi connectivity index (χ2v) is 3.84. The molecule has 0 saturated heterocycles. The van der Waals surface area contributed by atoms with E-state index in [2.05, 4.69) is 1.94 Å². The van der Waals surface area contributed by atoms with Crippen LogP contribution in [-0.4, -0.2) is 23.4 Å². The Balaban J connectivity index is 3.23. The molecule has 30 valence electrons. The van der Waals surface area contributed by atoms with Crippen molar-refractivity contribution in [3.05, 3.63) is 0 Å². The molecular formula is H2O3SbV. The van der Waals surface area contributed by atoms with E-state index in [1.165, 1.54) is 0 Å². The second-order valence-electron chi connectivity index (χ2n) is 0.329. The van der Waals surface area contributed by atoms with Gasteiger partial charge in [-0.05, 0) is 0 Å². The Morgan fingerprint density at radius 3 is 1.80 bits per heavy atom. The van der Waals surface area contributed by atoms with Crippen molar-refractivity contribution in [2.24, 2.45) is 0 Å². The summed E-state index contributed by atoms with van der Waals surface area (Å²) in [5, 5.41) is 0. The summed E-state index contributed by atoms with van der Waals surface area (Å²) in [5.74, 6) is 0. The molecule has 0 saturated carbocycles. The molecule has 0 N–H and O–H groups in total. The van der Waals surface area contributed by atoms with Crippen LogP contribution in [-0.2, 0) is 24.7 Å². The first-order valence-electron chi connectivity index (χ1n) is 0.783. The van der Waals surface area contributed by atoms with Crippen LogP contribution in [0.25, 0.3) is 0 Å². The zero-order valence-corrected chi connectivity index (χ0v) is 6.94. The van der Waals surface area contributed by atoms with Crippen LogP contribution in [0.15, 0.2) is 0 Å². The van der Waals surface area contributed by atoms with E-state index in [1.54, 1.807) is 0 Å². The van der Waals surface area contributed by atoms with Gasteiger partial charge in [0.2, 0.25) is 0 Å². The van der Waals surface area contributed by atoms with Crippen LogP contribution in [0.3, 0.4) is 0 Å². The van der Waals surface area contributed by atoms with Crippen LogP contribution in [0.4, 0.5) is 0 Å². The SMILES string of the molecule is [O]=[V](=[O])[O][SbH2]. The molecule has 0 aliphatic carbocycles. The van der Waals surface area contributed by atoms with Crippen LogP contribution in [0.2, 0.25) is 0 Å². The summed E-state index contributed by atoms with van der Waals surface area (Å²) in [6, 6.07) is 0. The maximum atomic E-state index is 9.30. The Morgan fingerprint density at radius 1 is 1.60 bits per heavy atom. The van der Waals surface area contributed by atoms with Crippen LogP contribution in [0.5, 0.6) is 0 Å². The summed E-state index contributed by atoms with van der Waals surface area (Å²) in [6.07, 6.45) is 0. The number of hydrogen-bond donors (Lipinski definition) is 0. The van der Waals surface area contributed by atoms with Gasteiger partial charge in [0.15, 0.2) is 0 Å². The molecule has 5 heteroatoms. The van der Waals surface area contributed by atoms with Crippen LogP contribution in [0, 0.1) is 0 Å².